The monoisotopic (exact) mass is 428 g/mol. The largest absolute Gasteiger partial charge is 0.414 e. The van der Waals surface area contributed by atoms with E-state index in [1.165, 1.54) is 0 Å². The molecule has 0 spiro atoms. The van der Waals surface area contributed by atoms with Crippen LogP contribution in [0.2, 0.25) is 18.1 Å². The maximum Gasteiger partial charge on any atom is 0.192 e. The van der Waals surface area contributed by atoms with Crippen LogP contribution in [0.15, 0.2) is 0 Å². The fourth-order valence-electron chi connectivity index (χ4n) is 4.15. The molecular formula is C23H44O5Si. The third-order valence-electron chi connectivity index (χ3n) is 6.94. The molecule has 1 aliphatic heterocycles. The molecule has 1 saturated heterocycles. The van der Waals surface area contributed by atoms with Gasteiger partial charge in [0.25, 0.3) is 0 Å². The fourth-order valence-corrected chi connectivity index (χ4v) is 5.55. The topological polar surface area (TPSA) is 54.0 Å². The Morgan fingerprint density at radius 1 is 1.07 bits per heavy atom. The van der Waals surface area contributed by atoms with Crippen molar-refractivity contribution in [3.63, 3.8) is 0 Å². The highest BCUT2D eigenvalue weighted by atomic mass is 28.4. The lowest BCUT2D eigenvalue weighted by Gasteiger charge is -2.45. The SMILES string of the molecule is CCOCCOCCC[C@H]1O[C@H]2CCC[C@@H](O[Si](C)(C)C(C)(C)C)[C@@H]2CCC1=O. The van der Waals surface area contributed by atoms with Gasteiger partial charge in [-0.1, -0.05) is 20.8 Å². The number of rotatable bonds is 10. The van der Waals surface area contributed by atoms with Crippen LogP contribution >= 0.6 is 0 Å². The highest BCUT2D eigenvalue weighted by Crippen LogP contribution is 2.42. The van der Waals surface area contributed by atoms with Crippen LogP contribution in [0.4, 0.5) is 0 Å². The molecule has 0 N–H and O–H groups in total. The first kappa shape index (κ1) is 25.0. The van der Waals surface area contributed by atoms with Crippen molar-refractivity contribution in [1.82, 2.24) is 0 Å². The van der Waals surface area contributed by atoms with Crippen molar-refractivity contribution in [2.45, 2.75) is 109 Å². The van der Waals surface area contributed by atoms with Crippen LogP contribution in [-0.4, -0.2) is 58.8 Å². The van der Waals surface area contributed by atoms with Gasteiger partial charge in [0.2, 0.25) is 0 Å². The van der Waals surface area contributed by atoms with Gasteiger partial charge in [0, 0.05) is 25.6 Å². The minimum absolute atomic E-state index is 0.161. The zero-order valence-corrected chi connectivity index (χ0v) is 20.6. The van der Waals surface area contributed by atoms with E-state index in [4.69, 9.17) is 18.6 Å². The first-order valence-corrected chi connectivity index (χ1v) is 14.6. The van der Waals surface area contributed by atoms with Crippen molar-refractivity contribution < 1.29 is 23.4 Å². The molecule has 6 heteroatoms. The number of carbonyl (C=O) groups is 1. The number of carbonyl (C=O) groups excluding carboxylic acids is 1. The normalized spacial score (nSPS) is 28.8. The molecule has 0 amide bonds. The van der Waals surface area contributed by atoms with Crippen LogP contribution in [-0.2, 0) is 23.4 Å². The van der Waals surface area contributed by atoms with Gasteiger partial charge in [-0.15, -0.1) is 0 Å². The van der Waals surface area contributed by atoms with Crippen LogP contribution < -0.4 is 0 Å². The van der Waals surface area contributed by atoms with E-state index >= 15 is 0 Å². The van der Waals surface area contributed by atoms with Crippen LogP contribution in [0.5, 0.6) is 0 Å². The summed E-state index contributed by atoms with van der Waals surface area (Å²) < 4.78 is 24.1. The number of ether oxygens (including phenoxy) is 3. The molecule has 2 aliphatic rings. The van der Waals surface area contributed by atoms with E-state index in [0.29, 0.717) is 32.2 Å². The summed E-state index contributed by atoms with van der Waals surface area (Å²) in [6.07, 6.45) is 6.54. The van der Waals surface area contributed by atoms with Gasteiger partial charge in [-0.3, -0.25) is 4.79 Å². The Balaban J connectivity index is 1.87. The third-order valence-corrected chi connectivity index (χ3v) is 11.4. The quantitative estimate of drug-likeness (QED) is 0.357. The fraction of sp³-hybridized carbons (Fsp3) is 0.957. The van der Waals surface area contributed by atoms with Crippen molar-refractivity contribution >= 4 is 14.1 Å². The standard InChI is InChI=1S/C23H44O5Si/c1-7-25-16-17-26-15-9-12-22-19(24)14-13-18-20(27-22)10-8-11-21(18)28-29(5,6)23(2,3)4/h18,20-22H,7-17H2,1-6H3/t18-,20+,21-,22-/m1/s1. The Hall–Kier alpha value is -0.273. The first-order valence-electron chi connectivity index (χ1n) is 11.7. The van der Waals surface area contributed by atoms with Gasteiger partial charge >= 0.3 is 0 Å². The van der Waals surface area contributed by atoms with Crippen LogP contribution in [0, 0.1) is 5.92 Å². The Labute approximate surface area is 179 Å². The van der Waals surface area contributed by atoms with Crippen molar-refractivity contribution in [3.05, 3.63) is 0 Å². The summed E-state index contributed by atoms with van der Waals surface area (Å²) in [4.78, 5) is 12.7. The van der Waals surface area contributed by atoms with Gasteiger partial charge < -0.3 is 18.6 Å². The summed E-state index contributed by atoms with van der Waals surface area (Å²) in [5.74, 6) is 0.620. The zero-order chi connectivity index (χ0) is 21.5. The van der Waals surface area contributed by atoms with Gasteiger partial charge in [0.05, 0.1) is 25.4 Å². The molecule has 1 aliphatic carbocycles. The minimum Gasteiger partial charge on any atom is -0.414 e. The van der Waals surface area contributed by atoms with E-state index in [-0.39, 0.29) is 29.1 Å². The molecule has 1 saturated carbocycles. The molecule has 29 heavy (non-hydrogen) atoms. The Morgan fingerprint density at radius 3 is 2.48 bits per heavy atom. The molecule has 0 unspecified atom stereocenters. The molecule has 0 aromatic rings. The molecule has 0 aromatic carbocycles. The molecule has 0 radical (unpaired) electrons. The minimum atomic E-state index is -1.83. The van der Waals surface area contributed by atoms with E-state index < -0.39 is 8.32 Å². The lowest BCUT2D eigenvalue weighted by atomic mass is 9.81. The summed E-state index contributed by atoms with van der Waals surface area (Å²) in [5, 5.41) is 0.200. The Bertz CT molecular complexity index is 502. The van der Waals surface area contributed by atoms with Crippen molar-refractivity contribution in [1.29, 1.82) is 0 Å². The highest BCUT2D eigenvalue weighted by molar-refractivity contribution is 6.74. The highest BCUT2D eigenvalue weighted by Gasteiger charge is 2.45. The molecule has 2 fully saturated rings. The summed E-state index contributed by atoms with van der Waals surface area (Å²) in [7, 11) is -1.83. The molecule has 170 valence electrons. The second-order valence-electron chi connectivity index (χ2n) is 10.1. The van der Waals surface area contributed by atoms with Gasteiger partial charge in [-0.05, 0) is 63.6 Å². The van der Waals surface area contributed by atoms with E-state index in [2.05, 4.69) is 33.9 Å². The van der Waals surface area contributed by atoms with E-state index in [1.807, 2.05) is 6.92 Å². The number of fused-ring (bicyclic) bond motifs is 1. The predicted molar refractivity (Wildman–Crippen MR) is 119 cm³/mol. The van der Waals surface area contributed by atoms with Gasteiger partial charge in [0.1, 0.15) is 6.10 Å². The summed E-state index contributed by atoms with van der Waals surface area (Å²) >= 11 is 0. The molecule has 4 atom stereocenters. The predicted octanol–water partition coefficient (Wildman–Crippen LogP) is 5.13. The molecule has 0 aromatic heterocycles. The maximum absolute atomic E-state index is 12.7. The number of Topliss-reactive ketones (excluding diaryl/α,β-unsaturated/α-hetero) is 1. The van der Waals surface area contributed by atoms with Crippen molar-refractivity contribution in [2.75, 3.05) is 26.4 Å². The molecule has 0 bridgehead atoms. The lowest BCUT2D eigenvalue weighted by molar-refractivity contribution is -0.137. The van der Waals surface area contributed by atoms with Gasteiger partial charge in [-0.2, -0.15) is 0 Å². The van der Waals surface area contributed by atoms with Crippen LogP contribution in [0.25, 0.3) is 0 Å². The van der Waals surface area contributed by atoms with Crippen molar-refractivity contribution in [3.8, 4) is 0 Å². The van der Waals surface area contributed by atoms with Crippen molar-refractivity contribution in [2.24, 2.45) is 5.92 Å². The molecule has 5 nitrogen and oxygen atoms in total. The second kappa shape index (κ2) is 11.4. The maximum atomic E-state index is 12.7. The number of hydrogen-bond donors (Lipinski definition) is 0. The Kier molecular flexibility index (Phi) is 9.80. The van der Waals surface area contributed by atoms with E-state index in [1.54, 1.807) is 0 Å². The Morgan fingerprint density at radius 2 is 1.79 bits per heavy atom. The average molecular weight is 429 g/mol. The first-order chi connectivity index (χ1) is 13.7. The molecular weight excluding hydrogens is 384 g/mol. The number of ketones is 1. The number of hydrogen-bond acceptors (Lipinski definition) is 5. The van der Waals surface area contributed by atoms with Crippen LogP contribution in [0.3, 0.4) is 0 Å². The second-order valence-corrected chi connectivity index (χ2v) is 14.9. The summed E-state index contributed by atoms with van der Waals surface area (Å²) in [6, 6.07) is 0. The molecule has 2 rings (SSSR count). The van der Waals surface area contributed by atoms with Gasteiger partial charge in [-0.25, -0.2) is 0 Å². The van der Waals surface area contributed by atoms with E-state index in [9.17, 15) is 4.79 Å². The van der Waals surface area contributed by atoms with Gasteiger partial charge in [0.15, 0.2) is 14.1 Å². The molecule has 1 heterocycles. The zero-order valence-electron chi connectivity index (χ0n) is 19.6. The van der Waals surface area contributed by atoms with E-state index in [0.717, 1.165) is 45.1 Å². The smallest absolute Gasteiger partial charge is 0.192 e. The summed E-state index contributed by atoms with van der Waals surface area (Å²) in [5.41, 5.74) is 0. The van der Waals surface area contributed by atoms with Crippen LogP contribution in [0.1, 0.15) is 72.6 Å². The summed E-state index contributed by atoms with van der Waals surface area (Å²) in [6.45, 7) is 16.1. The third kappa shape index (κ3) is 7.42. The average Bonchev–Trinajstić information content (AvgIpc) is 2.79. The lowest BCUT2D eigenvalue weighted by Crippen LogP contribution is -2.49.